The Bertz CT molecular complexity index is 754. The Labute approximate surface area is 116 Å². The maximum Gasteiger partial charge on any atom is 0.257 e. The third-order valence-electron chi connectivity index (χ3n) is 3.24. The maximum atomic E-state index is 12.4. The second kappa shape index (κ2) is 4.85. The molecule has 0 unspecified atom stereocenters. The highest BCUT2D eigenvalue weighted by molar-refractivity contribution is 6.12. The summed E-state index contributed by atoms with van der Waals surface area (Å²) in [7, 11) is 0. The number of aromatic nitrogens is 3. The summed E-state index contributed by atoms with van der Waals surface area (Å²) in [5.74, 6) is 0.579. The molecule has 1 amide bonds. The molecule has 0 fully saturated rings. The van der Waals surface area contributed by atoms with Crippen molar-refractivity contribution >= 4 is 22.6 Å². The van der Waals surface area contributed by atoms with Crippen molar-refractivity contribution in [3.05, 3.63) is 48.3 Å². The van der Waals surface area contributed by atoms with Gasteiger partial charge in [-0.3, -0.25) is 4.79 Å². The van der Waals surface area contributed by atoms with Crippen LogP contribution in [0.4, 0.5) is 5.82 Å². The molecule has 0 aliphatic heterocycles. The summed E-state index contributed by atoms with van der Waals surface area (Å²) >= 11 is 0. The predicted octanol–water partition coefficient (Wildman–Crippen LogP) is 3.20. The molecule has 1 aromatic carbocycles. The van der Waals surface area contributed by atoms with Gasteiger partial charge >= 0.3 is 0 Å². The number of nitrogens with one attached hydrogen (secondary N) is 2. The summed E-state index contributed by atoms with van der Waals surface area (Å²) < 4.78 is 1.79. The number of hydrogen-bond donors (Lipinski definition) is 2. The van der Waals surface area contributed by atoms with Gasteiger partial charge in [0, 0.05) is 34.8 Å². The monoisotopic (exact) mass is 268 g/mol. The number of carbonyl (C=O) groups is 1. The average Bonchev–Trinajstić information content (AvgIpc) is 3.05. The molecule has 2 heterocycles. The first-order valence-corrected chi connectivity index (χ1v) is 6.58. The molecular weight excluding hydrogens is 252 g/mol. The first-order chi connectivity index (χ1) is 9.66. The first-order valence-electron chi connectivity index (χ1n) is 6.58. The molecule has 5 heteroatoms. The highest BCUT2D eigenvalue weighted by atomic mass is 16.1. The molecule has 0 saturated carbocycles. The smallest absolute Gasteiger partial charge is 0.257 e. The van der Waals surface area contributed by atoms with Crippen molar-refractivity contribution in [2.45, 2.75) is 19.9 Å². The fraction of sp³-hybridized carbons (Fsp3) is 0.200. The van der Waals surface area contributed by atoms with Gasteiger partial charge in [-0.1, -0.05) is 6.07 Å². The van der Waals surface area contributed by atoms with Gasteiger partial charge in [-0.2, -0.15) is 5.10 Å². The van der Waals surface area contributed by atoms with Crippen molar-refractivity contribution in [3.8, 4) is 0 Å². The normalized spacial score (nSPS) is 11.2. The van der Waals surface area contributed by atoms with Crippen LogP contribution < -0.4 is 5.32 Å². The molecule has 0 aliphatic carbocycles. The van der Waals surface area contributed by atoms with E-state index in [9.17, 15) is 4.79 Å². The van der Waals surface area contributed by atoms with E-state index in [2.05, 4.69) is 15.4 Å². The largest absolute Gasteiger partial charge is 0.361 e. The minimum absolute atomic E-state index is 0.127. The highest BCUT2D eigenvalue weighted by Crippen LogP contribution is 2.20. The van der Waals surface area contributed by atoms with Gasteiger partial charge in [-0.05, 0) is 32.0 Å². The van der Waals surface area contributed by atoms with Gasteiger partial charge in [0.1, 0.15) is 5.82 Å². The summed E-state index contributed by atoms with van der Waals surface area (Å²) in [6.45, 7) is 4.05. The van der Waals surface area contributed by atoms with Gasteiger partial charge < -0.3 is 10.3 Å². The fourth-order valence-corrected chi connectivity index (χ4v) is 2.29. The van der Waals surface area contributed by atoms with Gasteiger partial charge in [0.05, 0.1) is 6.20 Å². The Kier molecular flexibility index (Phi) is 3.02. The second-order valence-corrected chi connectivity index (χ2v) is 4.95. The third kappa shape index (κ3) is 2.07. The maximum absolute atomic E-state index is 12.4. The lowest BCUT2D eigenvalue weighted by Gasteiger charge is -2.12. The SMILES string of the molecule is CC(C)n1nccc1NC(=O)c1cccc2[nH]ccc12. The average molecular weight is 268 g/mol. The molecule has 20 heavy (non-hydrogen) atoms. The molecule has 102 valence electrons. The van der Waals surface area contributed by atoms with E-state index in [1.54, 1.807) is 16.9 Å². The van der Waals surface area contributed by atoms with Crippen molar-refractivity contribution in [1.29, 1.82) is 0 Å². The number of aromatic amines is 1. The van der Waals surface area contributed by atoms with Crippen LogP contribution in [0.5, 0.6) is 0 Å². The van der Waals surface area contributed by atoms with E-state index in [0.717, 1.165) is 10.9 Å². The number of amides is 1. The lowest BCUT2D eigenvalue weighted by molar-refractivity contribution is 0.102. The number of benzene rings is 1. The molecule has 0 aliphatic rings. The zero-order valence-electron chi connectivity index (χ0n) is 11.4. The van der Waals surface area contributed by atoms with Crippen molar-refractivity contribution in [2.75, 3.05) is 5.32 Å². The number of nitrogens with zero attached hydrogens (tertiary/aromatic N) is 2. The van der Waals surface area contributed by atoms with Gasteiger partial charge in [-0.15, -0.1) is 0 Å². The zero-order chi connectivity index (χ0) is 14.1. The van der Waals surface area contributed by atoms with Crippen LogP contribution in [0.1, 0.15) is 30.2 Å². The van der Waals surface area contributed by atoms with E-state index in [1.165, 1.54) is 0 Å². The lowest BCUT2D eigenvalue weighted by Crippen LogP contribution is -2.16. The molecule has 0 spiro atoms. The Morgan fingerprint density at radius 2 is 2.15 bits per heavy atom. The summed E-state index contributed by atoms with van der Waals surface area (Å²) in [4.78, 5) is 15.5. The minimum Gasteiger partial charge on any atom is -0.361 e. The number of fused-ring (bicyclic) bond motifs is 1. The predicted molar refractivity (Wildman–Crippen MR) is 78.9 cm³/mol. The van der Waals surface area contributed by atoms with Gasteiger partial charge in [0.15, 0.2) is 0 Å². The second-order valence-electron chi connectivity index (χ2n) is 4.95. The Hall–Kier alpha value is -2.56. The van der Waals surface area contributed by atoms with Crippen LogP contribution in [0.25, 0.3) is 10.9 Å². The summed E-state index contributed by atoms with van der Waals surface area (Å²) in [6.07, 6.45) is 3.52. The van der Waals surface area contributed by atoms with Crippen LogP contribution in [0.2, 0.25) is 0 Å². The van der Waals surface area contributed by atoms with E-state index >= 15 is 0 Å². The Morgan fingerprint density at radius 3 is 2.95 bits per heavy atom. The minimum atomic E-state index is -0.127. The van der Waals surface area contributed by atoms with Crippen molar-refractivity contribution in [2.24, 2.45) is 0 Å². The number of carbonyl (C=O) groups excluding carboxylic acids is 1. The van der Waals surface area contributed by atoms with Gasteiger partial charge in [-0.25, -0.2) is 4.68 Å². The molecule has 2 aromatic heterocycles. The van der Waals surface area contributed by atoms with E-state index in [4.69, 9.17) is 0 Å². The van der Waals surface area contributed by atoms with E-state index in [0.29, 0.717) is 11.4 Å². The van der Waals surface area contributed by atoms with Crippen LogP contribution in [0, 0.1) is 0 Å². The lowest BCUT2D eigenvalue weighted by atomic mass is 10.1. The quantitative estimate of drug-likeness (QED) is 0.766. The molecular formula is C15H16N4O. The van der Waals surface area contributed by atoms with E-state index in [1.807, 2.05) is 44.3 Å². The van der Waals surface area contributed by atoms with Gasteiger partial charge in [0.25, 0.3) is 5.91 Å². The summed E-state index contributed by atoms with van der Waals surface area (Å²) in [6, 6.07) is 9.54. The van der Waals surface area contributed by atoms with Crippen molar-refractivity contribution in [1.82, 2.24) is 14.8 Å². The van der Waals surface area contributed by atoms with Gasteiger partial charge in [0.2, 0.25) is 0 Å². The van der Waals surface area contributed by atoms with Crippen molar-refractivity contribution < 1.29 is 4.79 Å². The molecule has 0 bridgehead atoms. The first kappa shape index (κ1) is 12.5. The number of anilines is 1. The van der Waals surface area contributed by atoms with Crippen LogP contribution in [0.3, 0.4) is 0 Å². The molecule has 3 aromatic rings. The molecule has 0 saturated heterocycles. The zero-order valence-corrected chi connectivity index (χ0v) is 11.4. The van der Waals surface area contributed by atoms with Crippen molar-refractivity contribution in [3.63, 3.8) is 0 Å². The third-order valence-corrected chi connectivity index (χ3v) is 3.24. The number of rotatable bonds is 3. The van der Waals surface area contributed by atoms with E-state index < -0.39 is 0 Å². The van der Waals surface area contributed by atoms with E-state index in [-0.39, 0.29) is 11.9 Å². The Morgan fingerprint density at radius 1 is 1.30 bits per heavy atom. The molecule has 0 radical (unpaired) electrons. The highest BCUT2D eigenvalue weighted by Gasteiger charge is 2.13. The summed E-state index contributed by atoms with van der Waals surface area (Å²) in [5.41, 5.74) is 1.61. The topological polar surface area (TPSA) is 62.7 Å². The number of H-pyrrole nitrogens is 1. The molecule has 0 atom stereocenters. The standard InChI is InChI=1S/C15H16N4O/c1-10(2)19-14(7-9-17-19)18-15(20)12-4-3-5-13-11(12)6-8-16-13/h3-10,16H,1-2H3,(H,18,20). The summed E-state index contributed by atoms with van der Waals surface area (Å²) in [5, 5.41) is 8.05. The van der Waals surface area contributed by atoms with Crippen LogP contribution >= 0.6 is 0 Å². The molecule has 2 N–H and O–H groups in total. The fourth-order valence-electron chi connectivity index (χ4n) is 2.29. The Balaban J connectivity index is 1.93. The van der Waals surface area contributed by atoms with Crippen LogP contribution in [-0.4, -0.2) is 20.7 Å². The molecule has 5 nitrogen and oxygen atoms in total. The van der Waals surface area contributed by atoms with Crippen LogP contribution in [0.15, 0.2) is 42.7 Å². The number of hydrogen-bond acceptors (Lipinski definition) is 2. The van der Waals surface area contributed by atoms with Crippen LogP contribution in [-0.2, 0) is 0 Å². The molecule has 3 rings (SSSR count).